The summed E-state index contributed by atoms with van der Waals surface area (Å²) in [4.78, 5) is 35.7. The number of ketones is 1. The molecule has 3 aromatic rings. The summed E-state index contributed by atoms with van der Waals surface area (Å²) in [6, 6.07) is 3.31. The molecular formula is C15H14FN2O5PS. The van der Waals surface area contributed by atoms with Crippen LogP contribution >= 0.6 is 19.1 Å². The Hall–Kier alpha value is -1.90. The van der Waals surface area contributed by atoms with Gasteiger partial charge in [0.05, 0.1) is 22.9 Å². The smallest absolute Gasteiger partial charge is 0.387 e. The Bertz CT molecular complexity index is 1010. The average molecular weight is 384 g/mol. The van der Waals surface area contributed by atoms with Crippen molar-refractivity contribution in [3.63, 3.8) is 0 Å². The number of halogens is 1. The second-order valence-electron chi connectivity index (χ2n) is 5.39. The van der Waals surface area contributed by atoms with Crippen molar-refractivity contribution < 1.29 is 28.6 Å². The summed E-state index contributed by atoms with van der Waals surface area (Å²) in [6.07, 6.45) is 0.636. The predicted molar refractivity (Wildman–Crippen MR) is 90.1 cm³/mol. The molecule has 1 atom stereocenters. The molecule has 0 amide bonds. The van der Waals surface area contributed by atoms with E-state index in [9.17, 15) is 28.6 Å². The number of rotatable bonds is 5. The molecular weight excluding hydrogens is 370 g/mol. The molecule has 10 heteroatoms. The number of fused-ring (bicyclic) bond motifs is 1. The normalized spacial score (nSPS) is 13.3. The van der Waals surface area contributed by atoms with Crippen molar-refractivity contribution in [1.82, 2.24) is 9.32 Å². The minimum atomic E-state index is -4.72. The van der Waals surface area contributed by atoms with E-state index in [-0.39, 0.29) is 21.5 Å². The number of hydrogen-bond acceptors (Lipinski definition) is 5. The molecule has 0 aliphatic heterocycles. The summed E-state index contributed by atoms with van der Waals surface area (Å²) in [5, 5.41) is 11.5. The average Bonchev–Trinajstić information content (AvgIpc) is 3.17. The van der Waals surface area contributed by atoms with Gasteiger partial charge in [0.15, 0.2) is 5.01 Å². The molecule has 7 nitrogen and oxygen atoms in total. The van der Waals surface area contributed by atoms with Crippen LogP contribution in [0, 0.1) is 5.82 Å². The van der Waals surface area contributed by atoms with Gasteiger partial charge in [0, 0.05) is 17.0 Å². The number of carbonyl (C=O) groups excluding carboxylic acids is 1. The molecule has 2 heterocycles. The summed E-state index contributed by atoms with van der Waals surface area (Å²) in [5.74, 6) is -1.23. The monoisotopic (exact) mass is 384 g/mol. The van der Waals surface area contributed by atoms with Crippen molar-refractivity contribution in [2.45, 2.75) is 19.4 Å². The molecule has 0 unspecified atom stereocenters. The number of nitrogens with zero attached hydrogens (tertiary/aromatic N) is 2. The number of benzene rings is 1. The number of aromatic nitrogens is 2. The molecule has 0 spiro atoms. The summed E-state index contributed by atoms with van der Waals surface area (Å²) in [5.41, 5.74) is 0.328. The molecule has 0 fully saturated rings. The third-order valence-electron chi connectivity index (χ3n) is 3.72. The fourth-order valence-corrected chi connectivity index (χ4v) is 3.99. The lowest BCUT2D eigenvalue weighted by Crippen LogP contribution is -2.02. The number of thiazole rings is 1. The largest absolute Gasteiger partial charge is 0.434 e. The molecule has 0 aliphatic carbocycles. The standard InChI is InChI=1S/C15H14FN2O5PS/c1-2-13(19)11-7-25-15(17-11)14(20)10-6-18(24(21,22)23)12-4-3-8(16)5-9(10)12/h3-7,13,19H,2H2,1H3,(H2,21,22,23)/t13-/m0/s1. The highest BCUT2D eigenvalue weighted by atomic mass is 32.1. The third kappa shape index (κ3) is 3.29. The Morgan fingerprint density at radius 2 is 2.16 bits per heavy atom. The topological polar surface area (TPSA) is 113 Å². The minimum absolute atomic E-state index is 0.0449. The number of carbonyl (C=O) groups is 1. The van der Waals surface area contributed by atoms with Crippen LogP contribution in [0.5, 0.6) is 0 Å². The number of aliphatic hydroxyl groups excluding tert-OH is 1. The van der Waals surface area contributed by atoms with Gasteiger partial charge in [-0.25, -0.2) is 13.9 Å². The van der Waals surface area contributed by atoms with Gasteiger partial charge >= 0.3 is 7.75 Å². The summed E-state index contributed by atoms with van der Waals surface area (Å²) >= 11 is 1.01. The summed E-state index contributed by atoms with van der Waals surface area (Å²) in [6.45, 7) is 1.77. The maximum Gasteiger partial charge on any atom is 0.434 e. The highest BCUT2D eigenvalue weighted by molar-refractivity contribution is 7.50. The summed E-state index contributed by atoms with van der Waals surface area (Å²) in [7, 11) is -4.72. The molecule has 25 heavy (non-hydrogen) atoms. The quantitative estimate of drug-likeness (QED) is 0.461. The Kier molecular flexibility index (Phi) is 4.61. The van der Waals surface area contributed by atoms with Crippen molar-refractivity contribution in [3.05, 3.63) is 51.9 Å². The van der Waals surface area contributed by atoms with Crippen molar-refractivity contribution in [2.75, 3.05) is 0 Å². The van der Waals surface area contributed by atoms with Crippen LogP contribution in [0.4, 0.5) is 4.39 Å². The minimum Gasteiger partial charge on any atom is -0.387 e. The van der Waals surface area contributed by atoms with Gasteiger partial charge in [0.2, 0.25) is 5.78 Å². The van der Waals surface area contributed by atoms with Crippen LogP contribution in [0.25, 0.3) is 10.9 Å². The third-order valence-corrected chi connectivity index (χ3v) is 5.47. The van der Waals surface area contributed by atoms with E-state index in [2.05, 4.69) is 4.98 Å². The van der Waals surface area contributed by atoms with Crippen LogP contribution in [-0.4, -0.2) is 30.0 Å². The second-order valence-corrected chi connectivity index (χ2v) is 7.71. The SMILES string of the molecule is CC[C@H](O)c1csc(C(=O)c2cn(P(=O)(O)O)c3ccc(F)cc23)n1. The van der Waals surface area contributed by atoms with E-state index in [0.29, 0.717) is 16.5 Å². The molecule has 3 rings (SSSR count). The van der Waals surface area contributed by atoms with Crippen LogP contribution in [0.3, 0.4) is 0 Å². The van der Waals surface area contributed by atoms with Gasteiger partial charge < -0.3 is 14.9 Å². The van der Waals surface area contributed by atoms with Crippen molar-refractivity contribution in [1.29, 1.82) is 0 Å². The van der Waals surface area contributed by atoms with Crippen LogP contribution in [0.2, 0.25) is 0 Å². The first-order valence-electron chi connectivity index (χ1n) is 7.27. The maximum atomic E-state index is 13.6. The molecule has 0 radical (unpaired) electrons. The van der Waals surface area contributed by atoms with Crippen LogP contribution in [0.1, 0.15) is 40.5 Å². The number of hydrogen-bond donors (Lipinski definition) is 3. The highest BCUT2D eigenvalue weighted by Crippen LogP contribution is 2.42. The van der Waals surface area contributed by atoms with Crippen molar-refractivity contribution in [3.8, 4) is 0 Å². The lowest BCUT2D eigenvalue weighted by molar-refractivity contribution is 0.103. The Balaban J connectivity index is 2.15. The zero-order chi connectivity index (χ0) is 18.4. The molecule has 0 aliphatic rings. The molecule has 0 bridgehead atoms. The van der Waals surface area contributed by atoms with Gasteiger partial charge in [0.1, 0.15) is 5.82 Å². The van der Waals surface area contributed by atoms with E-state index in [1.54, 1.807) is 12.3 Å². The lowest BCUT2D eigenvalue weighted by atomic mass is 10.1. The van der Waals surface area contributed by atoms with Crippen LogP contribution in [-0.2, 0) is 4.57 Å². The van der Waals surface area contributed by atoms with E-state index in [1.807, 2.05) is 0 Å². The van der Waals surface area contributed by atoms with Crippen LogP contribution in [0.15, 0.2) is 29.8 Å². The first kappa shape index (κ1) is 17.9. The number of aliphatic hydroxyl groups is 1. The molecule has 1 aromatic carbocycles. The molecule has 2 aromatic heterocycles. The Morgan fingerprint density at radius 3 is 2.80 bits per heavy atom. The van der Waals surface area contributed by atoms with Gasteiger partial charge in [-0.15, -0.1) is 11.3 Å². The Labute approximate surface area is 145 Å². The van der Waals surface area contributed by atoms with Gasteiger partial charge in [-0.1, -0.05) is 6.92 Å². The van der Waals surface area contributed by atoms with E-state index in [4.69, 9.17) is 0 Å². The first-order valence-corrected chi connectivity index (χ1v) is 9.72. The zero-order valence-corrected chi connectivity index (χ0v) is 14.7. The van der Waals surface area contributed by atoms with Gasteiger partial charge in [-0.05, 0) is 24.6 Å². The molecule has 0 saturated heterocycles. The van der Waals surface area contributed by atoms with E-state index in [0.717, 1.165) is 29.7 Å². The lowest BCUT2D eigenvalue weighted by Gasteiger charge is -2.05. The van der Waals surface area contributed by atoms with Crippen molar-refractivity contribution >= 4 is 35.8 Å². The van der Waals surface area contributed by atoms with E-state index in [1.165, 1.54) is 6.07 Å². The Morgan fingerprint density at radius 1 is 1.44 bits per heavy atom. The molecule has 3 N–H and O–H groups in total. The fourth-order valence-electron chi connectivity index (χ4n) is 2.45. The first-order chi connectivity index (χ1) is 11.7. The van der Waals surface area contributed by atoms with E-state index >= 15 is 0 Å². The second kappa shape index (κ2) is 6.44. The molecule has 132 valence electrons. The van der Waals surface area contributed by atoms with Gasteiger partial charge in [-0.3, -0.25) is 9.13 Å². The van der Waals surface area contributed by atoms with E-state index < -0.39 is 25.5 Å². The zero-order valence-electron chi connectivity index (χ0n) is 13.0. The summed E-state index contributed by atoms with van der Waals surface area (Å²) < 4.78 is 25.9. The predicted octanol–water partition coefficient (Wildman–Crippen LogP) is 2.85. The molecule has 0 saturated carbocycles. The van der Waals surface area contributed by atoms with Crippen molar-refractivity contribution in [2.24, 2.45) is 0 Å². The maximum absolute atomic E-state index is 13.6. The van der Waals surface area contributed by atoms with Gasteiger partial charge in [0.25, 0.3) is 0 Å². The fraction of sp³-hybridized carbons (Fsp3) is 0.200. The van der Waals surface area contributed by atoms with Gasteiger partial charge in [-0.2, -0.15) is 0 Å². The van der Waals surface area contributed by atoms with Crippen LogP contribution < -0.4 is 0 Å². The highest BCUT2D eigenvalue weighted by Gasteiger charge is 2.26.